The van der Waals surface area contributed by atoms with Gasteiger partial charge in [0.05, 0.1) is 23.4 Å². The third-order valence-corrected chi connectivity index (χ3v) is 10.1. The Labute approximate surface area is 292 Å². The number of thioether (sulfide) groups is 1. The topological polar surface area (TPSA) is 184 Å². The number of amides is 2. The van der Waals surface area contributed by atoms with Crippen LogP contribution in [0.25, 0.3) is 0 Å². The zero-order valence-corrected chi connectivity index (χ0v) is 28.2. The Bertz CT molecular complexity index is 1680. The second kappa shape index (κ2) is 16.5. The van der Waals surface area contributed by atoms with Crippen molar-refractivity contribution in [2.45, 2.75) is 42.6 Å². The summed E-state index contributed by atoms with van der Waals surface area (Å²) in [5.74, 6) is 0.345. The average molecular weight is 708 g/mol. The average Bonchev–Trinajstić information content (AvgIpc) is 3.52. The van der Waals surface area contributed by atoms with E-state index in [1.807, 2.05) is 24.3 Å². The van der Waals surface area contributed by atoms with Gasteiger partial charge >= 0.3 is 12.1 Å². The van der Waals surface area contributed by atoms with Crippen molar-refractivity contribution in [3.05, 3.63) is 110 Å². The molecule has 50 heavy (non-hydrogen) atoms. The van der Waals surface area contributed by atoms with Crippen LogP contribution in [0.3, 0.4) is 0 Å². The normalized spacial score (nSPS) is 18.7. The van der Waals surface area contributed by atoms with Gasteiger partial charge in [-0.05, 0) is 59.5 Å². The summed E-state index contributed by atoms with van der Waals surface area (Å²) < 4.78 is 15.6. The number of benzene rings is 3. The quantitative estimate of drug-likeness (QED) is 0.150. The molecule has 1 N–H and O–H groups in total. The Morgan fingerprint density at radius 1 is 0.840 bits per heavy atom. The summed E-state index contributed by atoms with van der Waals surface area (Å²) in [5.41, 5.74) is 1.86. The molecule has 2 fully saturated rings. The van der Waals surface area contributed by atoms with Gasteiger partial charge in [-0.3, -0.25) is 34.7 Å². The highest BCUT2D eigenvalue weighted by Crippen LogP contribution is 2.44. The number of methoxy groups -OCH3 is 1. The summed E-state index contributed by atoms with van der Waals surface area (Å²) in [6, 6.07) is 17.9. The monoisotopic (exact) mass is 707 g/mol. The van der Waals surface area contributed by atoms with Gasteiger partial charge in [-0.1, -0.05) is 12.1 Å². The third kappa shape index (κ3) is 9.26. The van der Waals surface area contributed by atoms with Gasteiger partial charge in [0.25, 0.3) is 11.4 Å². The van der Waals surface area contributed by atoms with Crippen molar-refractivity contribution in [2.24, 2.45) is 0 Å². The number of rotatable bonds is 13. The molecule has 3 aromatic carbocycles. The largest absolute Gasteiger partial charge is 0.497 e. The van der Waals surface area contributed by atoms with Gasteiger partial charge in [0.1, 0.15) is 25.0 Å². The molecule has 2 saturated heterocycles. The molecule has 0 aliphatic carbocycles. The second-order valence-corrected chi connectivity index (χ2v) is 13.4. The lowest BCUT2D eigenvalue weighted by molar-refractivity contribution is -0.385. The number of piperazine rings is 1. The summed E-state index contributed by atoms with van der Waals surface area (Å²) in [6.07, 6.45) is -0.711. The molecule has 3 aromatic rings. The molecule has 2 aliphatic heterocycles. The molecular formula is C34H37N5O10S. The Hall–Kier alpha value is -5.22. The maximum Gasteiger partial charge on any atom is 0.410 e. The first-order chi connectivity index (χ1) is 24.1. The molecule has 0 aromatic heterocycles. The summed E-state index contributed by atoms with van der Waals surface area (Å²) in [5, 5.41) is 25.3. The van der Waals surface area contributed by atoms with Crippen LogP contribution in [0.1, 0.15) is 29.5 Å². The molecule has 15 nitrogen and oxygen atoms in total. The van der Waals surface area contributed by atoms with Crippen LogP contribution in [0.5, 0.6) is 5.75 Å². The highest BCUT2D eigenvalue weighted by Gasteiger charge is 2.52. The van der Waals surface area contributed by atoms with E-state index in [1.54, 1.807) is 12.0 Å². The van der Waals surface area contributed by atoms with E-state index in [0.717, 1.165) is 5.56 Å². The molecule has 264 valence electrons. The van der Waals surface area contributed by atoms with Crippen LogP contribution in [0.15, 0.2) is 72.8 Å². The van der Waals surface area contributed by atoms with Gasteiger partial charge in [-0.2, -0.15) is 0 Å². The molecule has 2 atom stereocenters. The summed E-state index contributed by atoms with van der Waals surface area (Å²) in [6.45, 7) is 1.87. The number of carbonyl (C=O) groups is 3. The Kier molecular flexibility index (Phi) is 11.9. The fourth-order valence-electron chi connectivity index (χ4n) is 5.83. The summed E-state index contributed by atoms with van der Waals surface area (Å²) >= 11 is 1.45. The summed E-state index contributed by atoms with van der Waals surface area (Å²) in [4.78, 5) is 65.3. The molecule has 2 heterocycles. The standard InChI is InChI=1S/C34H37N5O10S/c1-47-29-12-6-26(7-13-29)22-50-34(19-31(40)48-20-24-2-8-27(9-3-24)38(43)44)18-30(32(41)36-16-14-35-15-17-36)37(23-34)33(42)49-21-25-4-10-28(11-5-25)39(45)46/h2-13,30,35H,14-23H2,1H3/t30-,34-/m0/s1. The fourth-order valence-corrected chi connectivity index (χ4v) is 7.22. The van der Waals surface area contributed by atoms with Crippen molar-refractivity contribution in [1.82, 2.24) is 15.1 Å². The van der Waals surface area contributed by atoms with Crippen LogP contribution in [0.2, 0.25) is 0 Å². The van der Waals surface area contributed by atoms with Crippen molar-refractivity contribution in [1.29, 1.82) is 0 Å². The maximum atomic E-state index is 14.0. The van der Waals surface area contributed by atoms with Gasteiger partial charge in [0.15, 0.2) is 0 Å². The van der Waals surface area contributed by atoms with E-state index in [0.29, 0.717) is 48.8 Å². The molecule has 0 radical (unpaired) electrons. The number of hydrogen-bond donors (Lipinski definition) is 1. The van der Waals surface area contributed by atoms with Crippen molar-refractivity contribution >= 4 is 41.1 Å². The van der Waals surface area contributed by atoms with Crippen molar-refractivity contribution in [2.75, 3.05) is 39.8 Å². The van der Waals surface area contributed by atoms with Gasteiger partial charge in [-0.15, -0.1) is 11.8 Å². The van der Waals surface area contributed by atoms with E-state index in [1.165, 1.54) is 65.2 Å². The number of ether oxygens (including phenoxy) is 3. The molecule has 5 rings (SSSR count). The second-order valence-electron chi connectivity index (χ2n) is 12.0. The molecule has 0 saturated carbocycles. The van der Waals surface area contributed by atoms with Crippen molar-refractivity contribution in [3.63, 3.8) is 0 Å². The highest BCUT2D eigenvalue weighted by molar-refractivity contribution is 8.00. The van der Waals surface area contributed by atoms with Crippen LogP contribution < -0.4 is 10.1 Å². The minimum absolute atomic E-state index is 0.0159. The molecule has 0 unspecified atom stereocenters. The Balaban J connectivity index is 1.37. The van der Waals surface area contributed by atoms with Gasteiger partial charge in [0, 0.05) is 67.5 Å². The van der Waals surface area contributed by atoms with E-state index < -0.39 is 32.7 Å². The first-order valence-electron chi connectivity index (χ1n) is 15.9. The first kappa shape index (κ1) is 36.1. The maximum absolute atomic E-state index is 14.0. The zero-order valence-electron chi connectivity index (χ0n) is 27.4. The Morgan fingerprint density at radius 2 is 1.38 bits per heavy atom. The van der Waals surface area contributed by atoms with E-state index >= 15 is 0 Å². The number of carbonyl (C=O) groups excluding carboxylic acids is 3. The predicted octanol–water partition coefficient (Wildman–Crippen LogP) is 4.46. The number of nitro benzene ring substituents is 2. The van der Waals surface area contributed by atoms with Crippen LogP contribution in [-0.2, 0) is 38.0 Å². The lowest BCUT2D eigenvalue weighted by Crippen LogP contribution is -2.53. The first-order valence-corrected chi connectivity index (χ1v) is 16.9. The number of nitro groups is 2. The van der Waals surface area contributed by atoms with E-state index in [4.69, 9.17) is 14.2 Å². The van der Waals surface area contributed by atoms with Crippen LogP contribution in [0, 0.1) is 20.2 Å². The number of likely N-dealkylation sites (tertiary alicyclic amines) is 1. The van der Waals surface area contributed by atoms with Gasteiger partial charge in [-0.25, -0.2) is 4.79 Å². The number of nitrogens with zero attached hydrogens (tertiary/aromatic N) is 4. The molecule has 0 bridgehead atoms. The highest BCUT2D eigenvalue weighted by atomic mass is 32.2. The van der Waals surface area contributed by atoms with E-state index in [-0.39, 0.29) is 49.9 Å². The van der Waals surface area contributed by atoms with Crippen LogP contribution >= 0.6 is 11.8 Å². The molecule has 2 amide bonds. The van der Waals surface area contributed by atoms with Crippen LogP contribution in [0.4, 0.5) is 16.2 Å². The molecule has 2 aliphatic rings. The van der Waals surface area contributed by atoms with Gasteiger partial charge < -0.3 is 24.4 Å². The molecule has 16 heteroatoms. The van der Waals surface area contributed by atoms with E-state index in [9.17, 15) is 34.6 Å². The number of esters is 1. The smallest absolute Gasteiger partial charge is 0.410 e. The Morgan fingerprint density at radius 3 is 1.92 bits per heavy atom. The third-order valence-electron chi connectivity index (χ3n) is 8.58. The van der Waals surface area contributed by atoms with Gasteiger partial charge in [0.2, 0.25) is 5.91 Å². The molecular weight excluding hydrogens is 670 g/mol. The van der Waals surface area contributed by atoms with E-state index in [2.05, 4.69) is 5.32 Å². The SMILES string of the molecule is COc1ccc(CS[C@]2(CC(=O)OCc3ccc([N+](=O)[O-])cc3)C[C@@H](C(=O)N3CCNCC3)N(C(=O)OCc3ccc([N+](=O)[O-])cc3)C2)cc1. The number of non-ortho nitro benzene ring substituents is 2. The zero-order chi connectivity index (χ0) is 35.7. The minimum atomic E-state index is -0.937. The van der Waals surface area contributed by atoms with Crippen LogP contribution in [-0.4, -0.2) is 88.2 Å². The molecule has 0 spiro atoms. The van der Waals surface area contributed by atoms with Crippen molar-refractivity contribution in [3.8, 4) is 5.75 Å². The summed E-state index contributed by atoms with van der Waals surface area (Å²) in [7, 11) is 1.57. The number of nitrogens with one attached hydrogen (secondary N) is 1. The minimum Gasteiger partial charge on any atom is -0.497 e. The predicted molar refractivity (Wildman–Crippen MR) is 182 cm³/mol. The number of hydrogen-bond acceptors (Lipinski definition) is 12. The lowest BCUT2D eigenvalue weighted by atomic mass is 10.00. The lowest BCUT2D eigenvalue weighted by Gasteiger charge is -2.32. The van der Waals surface area contributed by atoms with Crippen molar-refractivity contribution < 1.29 is 38.4 Å². The fraction of sp³-hybridized carbons (Fsp3) is 0.382.